The monoisotopic (exact) mass is 404 g/mol. The lowest BCUT2D eigenvalue weighted by Crippen LogP contribution is -2.07. The first kappa shape index (κ1) is 18.9. The normalized spacial score (nSPS) is 10.8. The number of hydrogen-bond acceptors (Lipinski definition) is 4. The Morgan fingerprint density at radius 2 is 2.04 bits per heavy atom. The van der Waals surface area contributed by atoms with Crippen LogP contribution in [0.3, 0.4) is 0 Å². The fourth-order valence-corrected chi connectivity index (χ4v) is 3.14. The highest BCUT2D eigenvalue weighted by Crippen LogP contribution is 2.38. The first-order chi connectivity index (χ1) is 12.8. The molecule has 1 heterocycles. The molecule has 0 aliphatic rings. The van der Waals surface area contributed by atoms with Crippen LogP contribution >= 0.6 is 23.2 Å². The number of hydrogen-bond donors (Lipinski definition) is 1. The standard InChI is InChI=1S/C18H14Cl2N4O3/c1-3-15(25)22-12-6-4-11(5-7-12)9-23-10(2)21-17-14(23)8-13(19)16(20)18(17)24(26)27/h3-8H,1,9H2,2H3,(H,22,25). The second kappa shape index (κ2) is 7.38. The topological polar surface area (TPSA) is 90.1 Å². The molecule has 9 heteroatoms. The van der Waals surface area contributed by atoms with E-state index in [9.17, 15) is 14.9 Å². The molecule has 2 aromatic carbocycles. The van der Waals surface area contributed by atoms with E-state index in [1.54, 1.807) is 25.1 Å². The molecule has 27 heavy (non-hydrogen) atoms. The van der Waals surface area contributed by atoms with Crippen LogP contribution in [0.25, 0.3) is 11.0 Å². The number of anilines is 1. The summed E-state index contributed by atoms with van der Waals surface area (Å²) in [6.07, 6.45) is 1.19. The van der Waals surface area contributed by atoms with E-state index in [4.69, 9.17) is 23.2 Å². The molecule has 0 aliphatic heterocycles. The van der Waals surface area contributed by atoms with Crippen molar-refractivity contribution in [3.8, 4) is 0 Å². The molecule has 0 radical (unpaired) electrons. The number of aryl methyl sites for hydroxylation is 1. The fraction of sp³-hybridized carbons (Fsp3) is 0.111. The number of nitrogens with one attached hydrogen (secondary N) is 1. The van der Waals surface area contributed by atoms with Crippen LogP contribution in [0.2, 0.25) is 10.0 Å². The molecular formula is C18H14Cl2N4O3. The summed E-state index contributed by atoms with van der Waals surface area (Å²) < 4.78 is 1.82. The van der Waals surface area contributed by atoms with E-state index in [0.717, 1.165) is 5.56 Å². The summed E-state index contributed by atoms with van der Waals surface area (Å²) in [5.41, 5.74) is 1.98. The summed E-state index contributed by atoms with van der Waals surface area (Å²) in [5, 5.41) is 14.0. The lowest BCUT2D eigenvalue weighted by atomic mass is 10.2. The molecule has 1 aromatic heterocycles. The molecule has 0 aliphatic carbocycles. The van der Waals surface area contributed by atoms with Gasteiger partial charge in [0, 0.05) is 12.2 Å². The quantitative estimate of drug-likeness (QED) is 0.377. The Morgan fingerprint density at radius 3 is 2.63 bits per heavy atom. The summed E-state index contributed by atoms with van der Waals surface area (Å²) in [6, 6.07) is 8.78. The summed E-state index contributed by atoms with van der Waals surface area (Å²) in [7, 11) is 0. The van der Waals surface area contributed by atoms with E-state index in [2.05, 4.69) is 16.9 Å². The molecular weight excluding hydrogens is 391 g/mol. The third-order valence-electron chi connectivity index (χ3n) is 4.03. The fourth-order valence-electron chi connectivity index (χ4n) is 2.74. The highest BCUT2D eigenvalue weighted by atomic mass is 35.5. The van der Waals surface area contributed by atoms with Crippen LogP contribution in [0, 0.1) is 17.0 Å². The first-order valence-corrected chi connectivity index (χ1v) is 8.59. The summed E-state index contributed by atoms with van der Waals surface area (Å²) in [4.78, 5) is 26.5. The van der Waals surface area contributed by atoms with Crippen LogP contribution in [-0.4, -0.2) is 20.4 Å². The molecule has 3 aromatic rings. The van der Waals surface area contributed by atoms with Crippen LogP contribution in [0.4, 0.5) is 11.4 Å². The zero-order valence-electron chi connectivity index (χ0n) is 14.2. The maximum atomic E-state index is 11.4. The third kappa shape index (κ3) is 3.65. The Kier molecular flexibility index (Phi) is 5.16. The number of nitrogens with zero attached hydrogens (tertiary/aromatic N) is 3. The zero-order valence-corrected chi connectivity index (χ0v) is 15.7. The van der Waals surface area contributed by atoms with E-state index in [0.29, 0.717) is 23.6 Å². The van der Waals surface area contributed by atoms with Crippen LogP contribution in [-0.2, 0) is 11.3 Å². The number of aromatic nitrogens is 2. The molecule has 3 rings (SSSR count). The van der Waals surface area contributed by atoms with Gasteiger partial charge < -0.3 is 9.88 Å². The molecule has 7 nitrogen and oxygen atoms in total. The number of nitro groups is 1. The van der Waals surface area contributed by atoms with Crippen molar-refractivity contribution in [1.82, 2.24) is 9.55 Å². The maximum Gasteiger partial charge on any atom is 0.317 e. The summed E-state index contributed by atoms with van der Waals surface area (Å²) in [6.45, 7) is 5.58. The van der Waals surface area contributed by atoms with Crippen molar-refractivity contribution < 1.29 is 9.72 Å². The third-order valence-corrected chi connectivity index (χ3v) is 4.81. The smallest absolute Gasteiger partial charge is 0.317 e. The Bertz CT molecular complexity index is 1070. The van der Waals surface area contributed by atoms with Crippen LogP contribution in [0.5, 0.6) is 0 Å². The average molecular weight is 405 g/mol. The minimum Gasteiger partial charge on any atom is -0.323 e. The minimum absolute atomic E-state index is 0.0968. The molecule has 1 N–H and O–H groups in total. The van der Waals surface area contributed by atoms with Crippen molar-refractivity contribution in [2.45, 2.75) is 13.5 Å². The second-order valence-corrected chi connectivity index (χ2v) is 6.57. The molecule has 0 fully saturated rings. The molecule has 0 saturated carbocycles. The van der Waals surface area contributed by atoms with Gasteiger partial charge in [-0.2, -0.15) is 0 Å². The number of carbonyl (C=O) groups excluding carboxylic acids is 1. The van der Waals surface area contributed by atoms with Gasteiger partial charge in [-0.15, -0.1) is 0 Å². The van der Waals surface area contributed by atoms with Crippen molar-refractivity contribution in [3.05, 3.63) is 74.5 Å². The van der Waals surface area contributed by atoms with Crippen molar-refractivity contribution in [2.24, 2.45) is 0 Å². The van der Waals surface area contributed by atoms with Gasteiger partial charge in [0.25, 0.3) is 0 Å². The van der Waals surface area contributed by atoms with Gasteiger partial charge in [-0.25, -0.2) is 4.98 Å². The highest BCUT2D eigenvalue weighted by molar-refractivity contribution is 6.44. The van der Waals surface area contributed by atoms with Gasteiger partial charge in [-0.1, -0.05) is 41.9 Å². The Balaban J connectivity index is 2.00. The molecule has 1 amide bonds. The van der Waals surface area contributed by atoms with Gasteiger partial charge in [0.1, 0.15) is 10.8 Å². The number of carbonyl (C=O) groups is 1. The van der Waals surface area contributed by atoms with Crippen molar-refractivity contribution in [2.75, 3.05) is 5.32 Å². The van der Waals surface area contributed by atoms with Gasteiger partial charge in [0.15, 0.2) is 5.52 Å². The van der Waals surface area contributed by atoms with Crippen LogP contribution < -0.4 is 5.32 Å². The Hall–Kier alpha value is -2.90. The predicted molar refractivity (Wildman–Crippen MR) is 106 cm³/mol. The number of rotatable bonds is 5. The van der Waals surface area contributed by atoms with Crippen molar-refractivity contribution in [3.63, 3.8) is 0 Å². The van der Waals surface area contributed by atoms with E-state index in [1.165, 1.54) is 6.08 Å². The number of imidazole rings is 1. The van der Waals surface area contributed by atoms with Gasteiger partial charge in [-0.05, 0) is 36.8 Å². The highest BCUT2D eigenvalue weighted by Gasteiger charge is 2.25. The Labute approximate surface area is 164 Å². The molecule has 0 atom stereocenters. The second-order valence-electron chi connectivity index (χ2n) is 5.78. The van der Waals surface area contributed by atoms with Gasteiger partial charge >= 0.3 is 5.69 Å². The number of benzene rings is 2. The van der Waals surface area contributed by atoms with E-state index >= 15 is 0 Å². The lowest BCUT2D eigenvalue weighted by molar-refractivity contribution is -0.383. The van der Waals surface area contributed by atoms with Crippen molar-refractivity contribution in [1.29, 1.82) is 0 Å². The zero-order chi connectivity index (χ0) is 19.7. The molecule has 0 unspecified atom stereocenters. The van der Waals surface area contributed by atoms with Crippen LogP contribution in [0.1, 0.15) is 11.4 Å². The first-order valence-electron chi connectivity index (χ1n) is 7.83. The summed E-state index contributed by atoms with van der Waals surface area (Å²) >= 11 is 12.1. The van der Waals surface area contributed by atoms with Gasteiger partial charge in [-0.3, -0.25) is 14.9 Å². The predicted octanol–water partition coefficient (Wildman–Crippen LogP) is 4.73. The summed E-state index contributed by atoms with van der Waals surface area (Å²) in [5.74, 6) is 0.300. The van der Waals surface area contributed by atoms with Gasteiger partial charge in [0.05, 0.1) is 15.5 Å². The molecule has 0 bridgehead atoms. The van der Waals surface area contributed by atoms with E-state index in [1.807, 2.05) is 16.7 Å². The molecule has 0 spiro atoms. The van der Waals surface area contributed by atoms with Crippen molar-refractivity contribution >= 4 is 51.5 Å². The number of fused-ring (bicyclic) bond motifs is 1. The SMILES string of the molecule is C=CC(=O)Nc1ccc(Cn2c(C)nc3c([N+](=O)[O-])c(Cl)c(Cl)cc32)cc1. The number of nitro benzene ring substituents is 1. The average Bonchev–Trinajstić information content (AvgIpc) is 2.92. The number of halogens is 2. The van der Waals surface area contributed by atoms with Gasteiger partial charge in [0.2, 0.25) is 5.91 Å². The molecule has 138 valence electrons. The molecule has 0 saturated heterocycles. The number of amides is 1. The van der Waals surface area contributed by atoms with E-state index < -0.39 is 4.92 Å². The maximum absolute atomic E-state index is 11.4. The van der Waals surface area contributed by atoms with E-state index in [-0.39, 0.29) is 27.2 Å². The minimum atomic E-state index is -0.579. The Morgan fingerprint density at radius 1 is 1.37 bits per heavy atom. The lowest BCUT2D eigenvalue weighted by Gasteiger charge is -2.09. The largest absolute Gasteiger partial charge is 0.323 e. The van der Waals surface area contributed by atoms with Crippen LogP contribution in [0.15, 0.2) is 43.0 Å².